The van der Waals surface area contributed by atoms with Crippen LogP contribution in [0.25, 0.3) is 0 Å². The van der Waals surface area contributed by atoms with Gasteiger partial charge in [-0.25, -0.2) is 0 Å². The van der Waals surface area contributed by atoms with Gasteiger partial charge < -0.3 is 19.9 Å². The molecule has 118 valence electrons. The summed E-state index contributed by atoms with van der Waals surface area (Å²) >= 11 is 0. The lowest BCUT2D eigenvalue weighted by molar-refractivity contribution is 0.105. The van der Waals surface area contributed by atoms with Gasteiger partial charge in [-0.05, 0) is 25.2 Å². The maximum Gasteiger partial charge on any atom is 0.191 e. The van der Waals surface area contributed by atoms with Crippen molar-refractivity contribution >= 4 is 5.96 Å². The van der Waals surface area contributed by atoms with Gasteiger partial charge in [-0.15, -0.1) is 0 Å². The Hall–Kier alpha value is -1.56. The topological polar surface area (TPSA) is 71.7 Å². The summed E-state index contributed by atoms with van der Waals surface area (Å²) in [6.45, 7) is 6.54. The first kappa shape index (κ1) is 15.8. The molecular weight excluding hydrogens is 268 g/mol. The summed E-state index contributed by atoms with van der Waals surface area (Å²) in [5.41, 5.74) is 0.980. The molecule has 6 nitrogen and oxygen atoms in total. The van der Waals surface area contributed by atoms with Crippen molar-refractivity contribution in [3.8, 4) is 0 Å². The highest BCUT2D eigenvalue weighted by molar-refractivity contribution is 5.79. The summed E-state index contributed by atoms with van der Waals surface area (Å²) in [4.78, 5) is 4.20. The van der Waals surface area contributed by atoms with Gasteiger partial charge in [-0.3, -0.25) is 4.99 Å². The Bertz CT molecular complexity index is 450. The van der Waals surface area contributed by atoms with Crippen LogP contribution in [0.4, 0.5) is 0 Å². The Morgan fingerprint density at radius 1 is 1.48 bits per heavy atom. The summed E-state index contributed by atoms with van der Waals surface area (Å²) in [7, 11) is 1.77. The molecule has 0 aromatic carbocycles. The minimum Gasteiger partial charge on any atom is -0.378 e. The third-order valence-corrected chi connectivity index (χ3v) is 3.61. The molecule has 6 heteroatoms. The van der Waals surface area contributed by atoms with Crippen LogP contribution in [0.5, 0.6) is 0 Å². The molecule has 0 spiro atoms. The van der Waals surface area contributed by atoms with Crippen molar-refractivity contribution in [3.05, 3.63) is 17.5 Å². The van der Waals surface area contributed by atoms with E-state index in [-0.39, 0.29) is 0 Å². The highest BCUT2D eigenvalue weighted by Crippen LogP contribution is 2.14. The number of aromatic nitrogens is 1. The van der Waals surface area contributed by atoms with E-state index in [2.05, 4.69) is 34.6 Å². The van der Waals surface area contributed by atoms with E-state index in [0.29, 0.717) is 18.6 Å². The van der Waals surface area contributed by atoms with E-state index in [9.17, 15) is 0 Å². The average Bonchev–Trinajstić information content (AvgIpc) is 3.13. The molecule has 1 aliphatic heterocycles. The maximum atomic E-state index is 5.60. The molecule has 1 aromatic heterocycles. The van der Waals surface area contributed by atoms with Crippen molar-refractivity contribution in [2.45, 2.75) is 51.7 Å². The van der Waals surface area contributed by atoms with E-state index in [1.165, 1.54) is 12.8 Å². The van der Waals surface area contributed by atoms with Crippen molar-refractivity contribution < 1.29 is 9.26 Å². The van der Waals surface area contributed by atoms with E-state index in [0.717, 1.165) is 37.0 Å². The molecular formula is C15H26N4O2. The molecule has 1 atom stereocenters. The normalized spacial score (nSPS) is 19.2. The fourth-order valence-corrected chi connectivity index (χ4v) is 2.30. The fourth-order valence-electron chi connectivity index (χ4n) is 2.30. The van der Waals surface area contributed by atoms with Crippen LogP contribution in [0.3, 0.4) is 0 Å². The highest BCUT2D eigenvalue weighted by Gasteiger charge is 2.15. The van der Waals surface area contributed by atoms with Crippen molar-refractivity contribution in [3.63, 3.8) is 0 Å². The first-order valence-electron chi connectivity index (χ1n) is 7.70. The number of nitrogens with one attached hydrogen (secondary N) is 2. The molecule has 0 saturated carbocycles. The van der Waals surface area contributed by atoms with Gasteiger partial charge in [0.25, 0.3) is 0 Å². The van der Waals surface area contributed by atoms with Gasteiger partial charge in [-0.2, -0.15) is 0 Å². The summed E-state index contributed by atoms with van der Waals surface area (Å²) in [6, 6.07) is 1.98. The van der Waals surface area contributed by atoms with Gasteiger partial charge in [-0.1, -0.05) is 19.0 Å². The average molecular weight is 294 g/mol. The quantitative estimate of drug-likeness (QED) is 0.620. The molecule has 1 saturated heterocycles. The molecule has 0 radical (unpaired) electrons. The van der Waals surface area contributed by atoms with Gasteiger partial charge in [0.2, 0.25) is 0 Å². The van der Waals surface area contributed by atoms with E-state index in [4.69, 9.17) is 9.26 Å². The second-order valence-electron chi connectivity index (χ2n) is 5.65. The van der Waals surface area contributed by atoms with Gasteiger partial charge in [0, 0.05) is 26.3 Å². The van der Waals surface area contributed by atoms with E-state index < -0.39 is 0 Å². The van der Waals surface area contributed by atoms with Crippen molar-refractivity contribution in [2.75, 3.05) is 20.2 Å². The number of aliphatic imine (C=N–C) groups is 1. The number of rotatable bonds is 6. The van der Waals surface area contributed by atoms with E-state index >= 15 is 0 Å². The summed E-state index contributed by atoms with van der Waals surface area (Å²) < 4.78 is 10.9. The first-order valence-corrected chi connectivity index (χ1v) is 7.70. The lowest BCUT2D eigenvalue weighted by Gasteiger charge is -2.13. The van der Waals surface area contributed by atoms with Crippen LogP contribution < -0.4 is 10.6 Å². The Kier molecular flexibility index (Phi) is 6.04. The van der Waals surface area contributed by atoms with Crippen molar-refractivity contribution in [2.24, 2.45) is 4.99 Å². The van der Waals surface area contributed by atoms with Crippen LogP contribution in [0.2, 0.25) is 0 Å². The van der Waals surface area contributed by atoms with E-state index in [1.807, 2.05) is 6.07 Å². The smallest absolute Gasteiger partial charge is 0.191 e. The predicted molar refractivity (Wildman–Crippen MR) is 82.4 cm³/mol. The van der Waals surface area contributed by atoms with Gasteiger partial charge in [0.15, 0.2) is 11.7 Å². The molecule has 1 aliphatic rings. The van der Waals surface area contributed by atoms with Crippen LogP contribution in [-0.2, 0) is 11.3 Å². The Morgan fingerprint density at radius 2 is 2.33 bits per heavy atom. The summed E-state index contributed by atoms with van der Waals surface area (Å²) in [6.07, 6.45) is 3.77. The standard InChI is InChI=1S/C15H26N4O2/c1-11(2)14-9-13(21-19-14)10-18-15(16-3)17-7-6-12-5-4-8-20-12/h9,11-12H,4-8,10H2,1-3H3,(H2,16,17,18). The van der Waals surface area contributed by atoms with Gasteiger partial charge in [0.1, 0.15) is 0 Å². The predicted octanol–water partition coefficient (Wildman–Crippen LogP) is 2.03. The van der Waals surface area contributed by atoms with Crippen molar-refractivity contribution in [1.29, 1.82) is 0 Å². The van der Waals surface area contributed by atoms with Crippen LogP contribution in [-0.4, -0.2) is 37.4 Å². The number of nitrogens with zero attached hydrogens (tertiary/aromatic N) is 2. The lowest BCUT2D eigenvalue weighted by Crippen LogP contribution is -2.38. The van der Waals surface area contributed by atoms with Crippen LogP contribution in [0, 0.1) is 0 Å². The highest BCUT2D eigenvalue weighted by atomic mass is 16.5. The monoisotopic (exact) mass is 294 g/mol. The van der Waals surface area contributed by atoms with Crippen molar-refractivity contribution in [1.82, 2.24) is 15.8 Å². The maximum absolute atomic E-state index is 5.60. The zero-order valence-electron chi connectivity index (χ0n) is 13.2. The number of hydrogen-bond donors (Lipinski definition) is 2. The van der Waals surface area contributed by atoms with Crippen LogP contribution >= 0.6 is 0 Å². The zero-order valence-corrected chi connectivity index (χ0v) is 13.2. The summed E-state index contributed by atoms with van der Waals surface area (Å²) in [5.74, 6) is 1.97. The molecule has 1 unspecified atom stereocenters. The molecule has 0 amide bonds. The second-order valence-corrected chi connectivity index (χ2v) is 5.65. The number of ether oxygens (including phenoxy) is 1. The Morgan fingerprint density at radius 3 is 2.95 bits per heavy atom. The number of hydrogen-bond acceptors (Lipinski definition) is 4. The Balaban J connectivity index is 1.69. The van der Waals surface area contributed by atoms with Crippen LogP contribution in [0.1, 0.15) is 50.5 Å². The molecule has 0 bridgehead atoms. The molecule has 2 rings (SSSR count). The van der Waals surface area contributed by atoms with Gasteiger partial charge in [0.05, 0.1) is 18.3 Å². The lowest BCUT2D eigenvalue weighted by atomic mass is 10.1. The molecule has 2 N–H and O–H groups in total. The second kappa shape index (κ2) is 8.02. The molecule has 1 fully saturated rings. The summed E-state index contributed by atoms with van der Waals surface area (Å²) in [5, 5.41) is 10.6. The van der Waals surface area contributed by atoms with E-state index in [1.54, 1.807) is 7.05 Å². The fraction of sp³-hybridized carbons (Fsp3) is 0.733. The SMILES string of the molecule is CN=C(NCCC1CCCO1)NCc1cc(C(C)C)no1. The third kappa shape index (κ3) is 5.04. The molecule has 0 aliphatic carbocycles. The largest absolute Gasteiger partial charge is 0.378 e. The third-order valence-electron chi connectivity index (χ3n) is 3.61. The minimum atomic E-state index is 0.381. The molecule has 1 aromatic rings. The van der Waals surface area contributed by atoms with Gasteiger partial charge >= 0.3 is 0 Å². The number of guanidine groups is 1. The minimum absolute atomic E-state index is 0.381. The first-order chi connectivity index (χ1) is 10.2. The molecule has 21 heavy (non-hydrogen) atoms. The molecule has 2 heterocycles. The Labute approximate surface area is 126 Å². The zero-order chi connectivity index (χ0) is 15.1. The van der Waals surface area contributed by atoms with Crippen LogP contribution in [0.15, 0.2) is 15.6 Å².